The zero-order chi connectivity index (χ0) is 24.7. The average molecular weight is 491 g/mol. The number of rotatable bonds is 10. The van der Waals surface area contributed by atoms with E-state index in [9.17, 15) is 13.2 Å². The lowest BCUT2D eigenvalue weighted by molar-refractivity contribution is -0.111. The topological polar surface area (TPSA) is 103 Å². The summed E-state index contributed by atoms with van der Waals surface area (Å²) in [7, 11) is -2.16. The number of nitrogens with zero attached hydrogens (tertiary/aromatic N) is 1. The zero-order valence-corrected chi connectivity index (χ0v) is 20.6. The lowest BCUT2D eigenvalue weighted by atomic mass is 10.1. The molecule has 0 fully saturated rings. The van der Waals surface area contributed by atoms with Crippen LogP contribution in [0.4, 0.5) is 5.69 Å². The van der Waals surface area contributed by atoms with Crippen molar-refractivity contribution in [2.45, 2.75) is 25.7 Å². The number of hydrogen-bond acceptors (Lipinski definition) is 7. The average Bonchev–Trinajstić information content (AvgIpc) is 2.84. The van der Waals surface area contributed by atoms with Gasteiger partial charge in [0.2, 0.25) is 21.7 Å². The summed E-state index contributed by atoms with van der Waals surface area (Å²) in [5.41, 5.74) is 0.948. The summed E-state index contributed by atoms with van der Waals surface area (Å²) in [5.74, 6) is 1.50. The van der Waals surface area contributed by atoms with Gasteiger partial charge in [-0.1, -0.05) is 13.8 Å². The first-order chi connectivity index (χ1) is 16.3. The van der Waals surface area contributed by atoms with Gasteiger partial charge in [0.25, 0.3) is 0 Å². The standard InChI is InChI=1S/C24H30N2O7S/c1-5-26(6-2)34(28,29)18-9-10-20(31-7-3)19(16-18)25-23(27)11-8-17-14-21(30-4)24-22(15-17)32-12-13-33-24/h8-11,14-16H,5-7,12-13H2,1-4H3,(H,25,27). The van der Waals surface area contributed by atoms with Gasteiger partial charge in [-0.2, -0.15) is 4.31 Å². The summed E-state index contributed by atoms with van der Waals surface area (Å²) in [6.07, 6.45) is 2.94. The van der Waals surface area contributed by atoms with Crippen LogP contribution >= 0.6 is 0 Å². The Hall–Kier alpha value is -3.24. The molecular weight excluding hydrogens is 460 g/mol. The Balaban J connectivity index is 1.85. The molecule has 1 aliphatic heterocycles. The number of sulfonamides is 1. The number of benzene rings is 2. The molecule has 1 aliphatic rings. The molecule has 2 aromatic rings. The first kappa shape index (κ1) is 25.4. The molecule has 0 spiro atoms. The van der Waals surface area contributed by atoms with Gasteiger partial charge in [0.15, 0.2) is 11.5 Å². The van der Waals surface area contributed by atoms with E-state index in [0.29, 0.717) is 61.5 Å². The van der Waals surface area contributed by atoms with Crippen molar-refractivity contribution in [2.75, 3.05) is 45.3 Å². The molecule has 2 aromatic carbocycles. The summed E-state index contributed by atoms with van der Waals surface area (Å²) in [4.78, 5) is 12.8. The molecule has 0 saturated heterocycles. The molecule has 10 heteroatoms. The van der Waals surface area contributed by atoms with Gasteiger partial charge in [0.1, 0.15) is 19.0 Å². The SMILES string of the molecule is CCOc1ccc(S(=O)(=O)N(CC)CC)cc1NC(=O)C=Cc1cc(OC)c2c(c1)OCCO2. The van der Waals surface area contributed by atoms with E-state index in [0.717, 1.165) is 0 Å². The van der Waals surface area contributed by atoms with Gasteiger partial charge in [0, 0.05) is 19.2 Å². The highest BCUT2D eigenvalue weighted by Crippen LogP contribution is 2.40. The largest absolute Gasteiger partial charge is 0.493 e. The Bertz CT molecular complexity index is 1140. The van der Waals surface area contributed by atoms with E-state index in [4.69, 9.17) is 18.9 Å². The normalized spacial score (nSPS) is 13.2. The van der Waals surface area contributed by atoms with Crippen molar-refractivity contribution in [1.82, 2.24) is 4.31 Å². The molecule has 184 valence electrons. The maximum atomic E-state index is 12.9. The molecule has 0 atom stereocenters. The van der Waals surface area contributed by atoms with Crippen molar-refractivity contribution < 1.29 is 32.2 Å². The van der Waals surface area contributed by atoms with Crippen LogP contribution in [0.15, 0.2) is 41.3 Å². The quantitative estimate of drug-likeness (QED) is 0.508. The number of amides is 1. The molecule has 0 saturated carbocycles. The van der Waals surface area contributed by atoms with E-state index in [-0.39, 0.29) is 10.6 Å². The van der Waals surface area contributed by atoms with Crippen LogP contribution in [0.5, 0.6) is 23.0 Å². The number of carbonyl (C=O) groups excluding carboxylic acids is 1. The molecule has 3 rings (SSSR count). The second-order valence-electron chi connectivity index (χ2n) is 7.25. The van der Waals surface area contributed by atoms with E-state index >= 15 is 0 Å². The van der Waals surface area contributed by atoms with Gasteiger partial charge in [-0.05, 0) is 48.9 Å². The Morgan fingerprint density at radius 3 is 2.50 bits per heavy atom. The number of nitrogens with one attached hydrogen (secondary N) is 1. The smallest absolute Gasteiger partial charge is 0.248 e. The molecule has 0 aliphatic carbocycles. The van der Waals surface area contributed by atoms with Crippen molar-refractivity contribution in [1.29, 1.82) is 0 Å². The van der Waals surface area contributed by atoms with Crippen LogP contribution in [-0.2, 0) is 14.8 Å². The third-order valence-electron chi connectivity index (χ3n) is 5.13. The van der Waals surface area contributed by atoms with Gasteiger partial charge in [-0.15, -0.1) is 0 Å². The van der Waals surface area contributed by atoms with E-state index in [2.05, 4.69) is 5.32 Å². The summed E-state index contributed by atoms with van der Waals surface area (Å²) in [5, 5.41) is 2.72. The highest BCUT2D eigenvalue weighted by atomic mass is 32.2. The Morgan fingerprint density at radius 2 is 1.82 bits per heavy atom. The summed E-state index contributed by atoms with van der Waals surface area (Å²) in [6.45, 7) is 7.26. The molecule has 0 bridgehead atoms. The van der Waals surface area contributed by atoms with Crippen LogP contribution in [0.3, 0.4) is 0 Å². The minimum atomic E-state index is -3.69. The summed E-state index contributed by atoms with van der Waals surface area (Å²) < 4.78 is 49.3. The van der Waals surface area contributed by atoms with Crippen LogP contribution in [-0.4, -0.2) is 58.7 Å². The van der Waals surface area contributed by atoms with Gasteiger partial charge < -0.3 is 24.3 Å². The molecule has 0 unspecified atom stereocenters. The molecule has 1 amide bonds. The van der Waals surface area contributed by atoms with Gasteiger partial charge >= 0.3 is 0 Å². The van der Waals surface area contributed by atoms with Crippen molar-refractivity contribution >= 4 is 27.7 Å². The fraction of sp³-hybridized carbons (Fsp3) is 0.375. The maximum Gasteiger partial charge on any atom is 0.248 e. The number of fused-ring (bicyclic) bond motifs is 1. The number of carbonyl (C=O) groups is 1. The molecule has 9 nitrogen and oxygen atoms in total. The van der Waals surface area contributed by atoms with E-state index in [1.807, 2.05) is 0 Å². The third-order valence-corrected chi connectivity index (χ3v) is 7.18. The van der Waals surface area contributed by atoms with Crippen molar-refractivity contribution in [3.8, 4) is 23.0 Å². The van der Waals surface area contributed by atoms with E-state index in [1.165, 1.54) is 29.6 Å². The van der Waals surface area contributed by atoms with E-state index < -0.39 is 15.9 Å². The minimum absolute atomic E-state index is 0.0792. The van der Waals surface area contributed by atoms with Crippen molar-refractivity contribution in [3.05, 3.63) is 42.0 Å². The summed E-state index contributed by atoms with van der Waals surface area (Å²) >= 11 is 0. The lowest BCUT2D eigenvalue weighted by Gasteiger charge is -2.21. The van der Waals surface area contributed by atoms with Gasteiger partial charge in [0.05, 0.1) is 24.3 Å². The number of anilines is 1. The predicted molar refractivity (Wildman–Crippen MR) is 129 cm³/mol. The fourth-order valence-corrected chi connectivity index (χ4v) is 4.98. The number of methoxy groups -OCH3 is 1. The lowest BCUT2D eigenvalue weighted by Crippen LogP contribution is -2.30. The molecule has 34 heavy (non-hydrogen) atoms. The molecule has 0 aromatic heterocycles. The number of hydrogen-bond donors (Lipinski definition) is 1. The second-order valence-corrected chi connectivity index (χ2v) is 9.19. The van der Waals surface area contributed by atoms with Gasteiger partial charge in [-0.25, -0.2) is 8.42 Å². The Labute approximate surface area is 200 Å². The molecule has 1 N–H and O–H groups in total. The van der Waals surface area contributed by atoms with Crippen molar-refractivity contribution in [2.24, 2.45) is 0 Å². The van der Waals surface area contributed by atoms with Crippen LogP contribution in [0.1, 0.15) is 26.3 Å². The highest BCUT2D eigenvalue weighted by Gasteiger charge is 2.23. The monoisotopic (exact) mass is 490 g/mol. The second kappa shape index (κ2) is 11.3. The minimum Gasteiger partial charge on any atom is -0.493 e. The number of ether oxygens (including phenoxy) is 4. The van der Waals surface area contributed by atoms with Crippen molar-refractivity contribution in [3.63, 3.8) is 0 Å². The maximum absolute atomic E-state index is 12.9. The van der Waals surface area contributed by atoms with Crippen LogP contribution in [0.2, 0.25) is 0 Å². The molecular formula is C24H30N2O7S. The fourth-order valence-electron chi connectivity index (χ4n) is 3.50. The van der Waals surface area contributed by atoms with Gasteiger partial charge in [-0.3, -0.25) is 4.79 Å². The third kappa shape index (κ3) is 5.63. The zero-order valence-electron chi connectivity index (χ0n) is 19.8. The van der Waals surface area contributed by atoms with E-state index in [1.54, 1.807) is 45.0 Å². The summed E-state index contributed by atoms with van der Waals surface area (Å²) in [6, 6.07) is 7.93. The van der Waals surface area contributed by atoms with Crippen LogP contribution in [0.25, 0.3) is 6.08 Å². The van der Waals surface area contributed by atoms with Crippen LogP contribution < -0.4 is 24.3 Å². The molecule has 0 radical (unpaired) electrons. The first-order valence-electron chi connectivity index (χ1n) is 11.1. The molecule has 1 heterocycles. The Kier molecular flexibility index (Phi) is 8.41. The highest BCUT2D eigenvalue weighted by molar-refractivity contribution is 7.89. The Morgan fingerprint density at radius 1 is 1.09 bits per heavy atom. The first-order valence-corrected chi connectivity index (χ1v) is 12.5. The predicted octanol–water partition coefficient (Wildman–Crippen LogP) is 3.55. The van der Waals surface area contributed by atoms with Crippen LogP contribution in [0, 0.1) is 0 Å².